The van der Waals surface area contributed by atoms with Crippen molar-refractivity contribution >= 4 is 0 Å². The summed E-state index contributed by atoms with van der Waals surface area (Å²) in [6.07, 6.45) is 12.6. The number of rotatable bonds is 11. The van der Waals surface area contributed by atoms with E-state index in [1.807, 2.05) is 17.9 Å². The number of hydrogen-bond donors (Lipinski definition) is 1. The highest BCUT2D eigenvalue weighted by Gasteiger charge is 2.13. The maximum atomic E-state index is 4.02. The van der Waals surface area contributed by atoms with E-state index in [4.69, 9.17) is 0 Å². The van der Waals surface area contributed by atoms with Crippen LogP contribution in [0.5, 0.6) is 0 Å². The van der Waals surface area contributed by atoms with Crippen molar-refractivity contribution in [1.29, 1.82) is 0 Å². The van der Waals surface area contributed by atoms with Crippen LogP contribution in [-0.2, 0) is 7.05 Å². The molecular weight excluding hydrogens is 236 g/mol. The third-order valence-electron chi connectivity index (χ3n) is 3.65. The Labute approximate surface area is 118 Å². The number of aromatic nitrogens is 3. The van der Waals surface area contributed by atoms with Crippen LogP contribution in [0.1, 0.15) is 76.9 Å². The lowest BCUT2D eigenvalue weighted by Crippen LogP contribution is -2.23. The van der Waals surface area contributed by atoms with Gasteiger partial charge in [0.25, 0.3) is 0 Å². The summed E-state index contributed by atoms with van der Waals surface area (Å²) in [5, 5.41) is 11.5. The number of nitrogens with zero attached hydrogens (tertiary/aromatic N) is 3. The van der Waals surface area contributed by atoms with Gasteiger partial charge in [0, 0.05) is 7.05 Å². The van der Waals surface area contributed by atoms with E-state index in [-0.39, 0.29) is 0 Å². The van der Waals surface area contributed by atoms with Crippen molar-refractivity contribution in [3.8, 4) is 0 Å². The lowest BCUT2D eigenvalue weighted by Gasteiger charge is -2.17. The summed E-state index contributed by atoms with van der Waals surface area (Å²) in [7, 11) is 1.97. The number of unbranched alkanes of at least 4 members (excludes halogenated alkanes) is 6. The van der Waals surface area contributed by atoms with Gasteiger partial charge in [-0.3, -0.25) is 4.68 Å². The predicted octanol–water partition coefficient (Wildman–Crippen LogP) is 3.61. The fraction of sp³-hybridized carbons (Fsp3) is 0.867. The third-order valence-corrected chi connectivity index (χ3v) is 3.65. The van der Waals surface area contributed by atoms with Crippen LogP contribution in [0, 0.1) is 0 Å². The molecule has 1 N–H and O–H groups in total. The zero-order chi connectivity index (χ0) is 13.9. The van der Waals surface area contributed by atoms with Gasteiger partial charge in [0.15, 0.2) is 0 Å². The Morgan fingerprint density at radius 1 is 1.11 bits per heavy atom. The molecule has 0 aliphatic heterocycles. The molecule has 1 rings (SSSR count). The summed E-state index contributed by atoms with van der Waals surface area (Å²) in [6, 6.07) is 0.403. The van der Waals surface area contributed by atoms with E-state index in [1.54, 1.807) is 0 Å². The number of nitrogens with one attached hydrogen (secondary N) is 1. The van der Waals surface area contributed by atoms with Gasteiger partial charge in [-0.15, -0.1) is 5.10 Å². The fourth-order valence-electron chi connectivity index (χ4n) is 2.52. The number of hydrogen-bond acceptors (Lipinski definition) is 3. The molecule has 0 aliphatic carbocycles. The molecule has 1 aromatic heterocycles. The average Bonchev–Trinajstić information content (AvgIpc) is 2.82. The normalized spacial score (nSPS) is 12.8. The lowest BCUT2D eigenvalue weighted by molar-refractivity contribution is 0.451. The molecule has 1 heterocycles. The molecule has 1 unspecified atom stereocenters. The molecule has 0 fully saturated rings. The van der Waals surface area contributed by atoms with E-state index in [2.05, 4.69) is 29.5 Å². The smallest absolute Gasteiger partial charge is 0.0753 e. The van der Waals surface area contributed by atoms with Crippen LogP contribution in [-0.4, -0.2) is 21.5 Å². The second-order valence-corrected chi connectivity index (χ2v) is 5.30. The van der Waals surface area contributed by atoms with Crippen molar-refractivity contribution in [1.82, 2.24) is 20.3 Å². The standard InChI is InChI=1S/C15H30N4/c1-4-6-7-8-9-10-11-12-14(16-5-2)15-13-17-18-19(15)3/h13-14,16H,4-12H2,1-3H3. The largest absolute Gasteiger partial charge is 0.309 e. The molecule has 0 radical (unpaired) electrons. The van der Waals surface area contributed by atoms with E-state index in [9.17, 15) is 0 Å². The highest BCUT2D eigenvalue weighted by Crippen LogP contribution is 2.19. The van der Waals surface area contributed by atoms with E-state index >= 15 is 0 Å². The van der Waals surface area contributed by atoms with Gasteiger partial charge >= 0.3 is 0 Å². The fourth-order valence-corrected chi connectivity index (χ4v) is 2.52. The minimum atomic E-state index is 0.403. The summed E-state index contributed by atoms with van der Waals surface area (Å²) < 4.78 is 1.88. The van der Waals surface area contributed by atoms with Crippen LogP contribution in [0.15, 0.2) is 6.20 Å². The van der Waals surface area contributed by atoms with Crippen LogP contribution >= 0.6 is 0 Å². The zero-order valence-electron chi connectivity index (χ0n) is 12.9. The topological polar surface area (TPSA) is 42.7 Å². The van der Waals surface area contributed by atoms with Gasteiger partial charge in [0.1, 0.15) is 0 Å². The third kappa shape index (κ3) is 6.19. The number of aryl methyl sites for hydroxylation is 1. The minimum Gasteiger partial charge on any atom is -0.309 e. The predicted molar refractivity (Wildman–Crippen MR) is 80.0 cm³/mol. The lowest BCUT2D eigenvalue weighted by atomic mass is 10.0. The van der Waals surface area contributed by atoms with Crippen LogP contribution in [0.4, 0.5) is 0 Å². The quantitative estimate of drug-likeness (QED) is 0.622. The van der Waals surface area contributed by atoms with Crippen molar-refractivity contribution in [3.63, 3.8) is 0 Å². The van der Waals surface area contributed by atoms with Gasteiger partial charge in [-0.2, -0.15) is 0 Å². The summed E-state index contributed by atoms with van der Waals surface area (Å²) in [5.74, 6) is 0. The van der Waals surface area contributed by atoms with Crippen molar-refractivity contribution in [2.75, 3.05) is 6.54 Å². The summed E-state index contributed by atoms with van der Waals surface area (Å²) in [4.78, 5) is 0. The molecule has 0 amide bonds. The zero-order valence-corrected chi connectivity index (χ0v) is 12.9. The first-order chi connectivity index (χ1) is 9.29. The van der Waals surface area contributed by atoms with Gasteiger partial charge < -0.3 is 5.32 Å². The molecule has 0 saturated carbocycles. The molecule has 1 atom stereocenters. The molecular formula is C15H30N4. The molecule has 4 heteroatoms. The average molecular weight is 266 g/mol. The first-order valence-corrected chi connectivity index (χ1v) is 7.87. The first-order valence-electron chi connectivity index (χ1n) is 7.87. The molecule has 0 bridgehead atoms. The summed E-state index contributed by atoms with van der Waals surface area (Å²) in [5.41, 5.74) is 1.20. The van der Waals surface area contributed by atoms with Crippen molar-refractivity contribution < 1.29 is 0 Å². The van der Waals surface area contributed by atoms with E-state index in [0.717, 1.165) is 6.54 Å². The SMILES string of the molecule is CCCCCCCCCC(NCC)c1cnnn1C. The Hall–Kier alpha value is -0.900. The van der Waals surface area contributed by atoms with Crippen LogP contribution in [0.3, 0.4) is 0 Å². The highest BCUT2D eigenvalue weighted by atomic mass is 15.4. The monoisotopic (exact) mass is 266 g/mol. The van der Waals surface area contributed by atoms with Gasteiger partial charge in [-0.1, -0.05) is 64.0 Å². The van der Waals surface area contributed by atoms with Gasteiger partial charge in [0.2, 0.25) is 0 Å². The van der Waals surface area contributed by atoms with E-state index < -0.39 is 0 Å². The Kier molecular flexibility index (Phi) is 8.47. The molecule has 0 saturated heterocycles. The summed E-state index contributed by atoms with van der Waals surface area (Å²) >= 11 is 0. The van der Waals surface area contributed by atoms with Gasteiger partial charge in [0.05, 0.1) is 17.9 Å². The maximum Gasteiger partial charge on any atom is 0.0753 e. The van der Waals surface area contributed by atoms with Crippen LogP contribution < -0.4 is 5.32 Å². The van der Waals surface area contributed by atoms with Crippen molar-refractivity contribution in [3.05, 3.63) is 11.9 Å². The first kappa shape index (κ1) is 16.2. The minimum absolute atomic E-state index is 0.403. The second-order valence-electron chi connectivity index (χ2n) is 5.30. The maximum absolute atomic E-state index is 4.02. The molecule has 0 aliphatic rings. The Morgan fingerprint density at radius 3 is 2.37 bits per heavy atom. The molecule has 19 heavy (non-hydrogen) atoms. The van der Waals surface area contributed by atoms with Gasteiger partial charge in [-0.05, 0) is 13.0 Å². The van der Waals surface area contributed by atoms with E-state index in [1.165, 1.54) is 57.1 Å². The van der Waals surface area contributed by atoms with Crippen molar-refractivity contribution in [2.45, 2.75) is 71.3 Å². The second kappa shape index (κ2) is 9.96. The molecule has 0 aromatic carbocycles. The van der Waals surface area contributed by atoms with Crippen LogP contribution in [0.25, 0.3) is 0 Å². The molecule has 4 nitrogen and oxygen atoms in total. The Balaban J connectivity index is 2.22. The van der Waals surface area contributed by atoms with Crippen LogP contribution in [0.2, 0.25) is 0 Å². The Morgan fingerprint density at radius 2 is 1.79 bits per heavy atom. The molecule has 0 spiro atoms. The van der Waals surface area contributed by atoms with E-state index in [0.29, 0.717) is 6.04 Å². The van der Waals surface area contributed by atoms with Gasteiger partial charge in [-0.25, -0.2) is 0 Å². The Bertz CT molecular complexity index is 322. The molecule has 110 valence electrons. The highest BCUT2D eigenvalue weighted by molar-refractivity contribution is 5.01. The molecule has 1 aromatic rings. The summed E-state index contributed by atoms with van der Waals surface area (Å²) in [6.45, 7) is 5.41. The van der Waals surface area contributed by atoms with Crippen molar-refractivity contribution in [2.24, 2.45) is 7.05 Å².